The fourth-order valence-electron chi connectivity index (χ4n) is 3.29. The predicted octanol–water partition coefficient (Wildman–Crippen LogP) is 4.72. The first-order valence-electron chi connectivity index (χ1n) is 10.4. The number of methoxy groups -OCH3 is 1. The van der Waals surface area contributed by atoms with Crippen LogP contribution in [0, 0.1) is 6.92 Å². The fraction of sp³-hybridized carbons (Fsp3) is 0.435. The zero-order valence-electron chi connectivity index (χ0n) is 18.4. The smallest absolute Gasteiger partial charge is 0.253 e. The van der Waals surface area contributed by atoms with Gasteiger partial charge in [-0.05, 0) is 44.9 Å². The van der Waals surface area contributed by atoms with Gasteiger partial charge in [0.1, 0.15) is 5.01 Å². The molecule has 0 bridgehead atoms. The molecule has 160 valence electrons. The highest BCUT2D eigenvalue weighted by Gasteiger charge is 2.21. The van der Waals surface area contributed by atoms with Crippen LogP contribution in [0.25, 0.3) is 22.0 Å². The van der Waals surface area contributed by atoms with Gasteiger partial charge in [0.2, 0.25) is 0 Å². The van der Waals surface area contributed by atoms with Crippen molar-refractivity contribution in [1.29, 1.82) is 0 Å². The van der Waals surface area contributed by atoms with Gasteiger partial charge in [-0.25, -0.2) is 4.98 Å². The van der Waals surface area contributed by atoms with Gasteiger partial charge < -0.3 is 14.6 Å². The van der Waals surface area contributed by atoms with Gasteiger partial charge in [0.05, 0.1) is 23.6 Å². The van der Waals surface area contributed by atoms with Crippen LogP contribution in [-0.2, 0) is 17.7 Å². The summed E-state index contributed by atoms with van der Waals surface area (Å²) >= 11 is 1.60. The van der Waals surface area contributed by atoms with Crippen molar-refractivity contribution in [3.63, 3.8) is 0 Å². The summed E-state index contributed by atoms with van der Waals surface area (Å²) in [5.74, 6) is -0.0450. The lowest BCUT2D eigenvalue weighted by atomic mass is 10.2. The number of hydrogen-bond acceptors (Lipinski definition) is 5. The van der Waals surface area contributed by atoms with Crippen molar-refractivity contribution in [1.82, 2.24) is 19.9 Å². The number of carbonyl (C=O) groups is 1. The molecule has 0 aliphatic heterocycles. The zero-order valence-corrected chi connectivity index (χ0v) is 19.2. The molecule has 0 saturated carbocycles. The number of aryl methyl sites for hydroxylation is 1. The molecule has 1 atom stereocenters. The number of hydrogen-bond donors (Lipinski definition) is 1. The Kier molecular flexibility index (Phi) is 7.39. The van der Waals surface area contributed by atoms with Gasteiger partial charge in [0, 0.05) is 48.2 Å². The van der Waals surface area contributed by atoms with E-state index in [9.17, 15) is 4.79 Å². The van der Waals surface area contributed by atoms with Crippen LogP contribution < -0.4 is 5.32 Å². The maximum Gasteiger partial charge on any atom is 0.253 e. The molecule has 3 heterocycles. The Labute approximate surface area is 182 Å². The van der Waals surface area contributed by atoms with E-state index in [2.05, 4.69) is 40.2 Å². The van der Waals surface area contributed by atoms with Crippen molar-refractivity contribution < 1.29 is 9.53 Å². The van der Waals surface area contributed by atoms with Crippen molar-refractivity contribution in [2.45, 2.75) is 53.1 Å². The molecule has 0 radical (unpaired) electrons. The normalized spacial score (nSPS) is 12.2. The number of nitrogens with one attached hydrogen (secondary N) is 1. The first-order valence-corrected chi connectivity index (χ1v) is 11.3. The van der Waals surface area contributed by atoms with Crippen LogP contribution in [0.4, 0.5) is 0 Å². The summed E-state index contributed by atoms with van der Waals surface area (Å²) in [6, 6.07) is 6.16. The molecule has 6 nitrogen and oxygen atoms in total. The topological polar surface area (TPSA) is 69.0 Å². The van der Waals surface area contributed by atoms with Crippen LogP contribution in [0.2, 0.25) is 0 Å². The van der Waals surface area contributed by atoms with Crippen molar-refractivity contribution in [2.24, 2.45) is 0 Å². The third-order valence-electron chi connectivity index (χ3n) is 5.31. The quantitative estimate of drug-likeness (QED) is 0.538. The van der Waals surface area contributed by atoms with Gasteiger partial charge in [0.25, 0.3) is 5.91 Å². The second-order valence-electron chi connectivity index (χ2n) is 7.38. The van der Waals surface area contributed by atoms with Gasteiger partial charge in [-0.15, -0.1) is 11.3 Å². The molecule has 0 fully saturated rings. The second-order valence-corrected chi connectivity index (χ2v) is 8.24. The third kappa shape index (κ3) is 4.79. The molecule has 3 aromatic heterocycles. The number of ether oxygens (including phenoxy) is 1. The first-order chi connectivity index (χ1) is 14.5. The third-order valence-corrected chi connectivity index (χ3v) is 6.20. The lowest BCUT2D eigenvalue weighted by molar-refractivity contribution is 0.0938. The lowest BCUT2D eigenvalue weighted by Crippen LogP contribution is -2.32. The second kappa shape index (κ2) is 10.00. The van der Waals surface area contributed by atoms with Gasteiger partial charge >= 0.3 is 0 Å². The Bertz CT molecular complexity index is 1010. The summed E-state index contributed by atoms with van der Waals surface area (Å²) < 4.78 is 7.42. The van der Waals surface area contributed by atoms with Crippen molar-refractivity contribution in [3.8, 4) is 22.0 Å². The van der Waals surface area contributed by atoms with Gasteiger partial charge in [0.15, 0.2) is 0 Å². The Morgan fingerprint density at radius 1 is 1.33 bits per heavy atom. The Hall–Kier alpha value is -2.51. The number of carbonyl (C=O) groups excluding carboxylic acids is 1. The molecule has 0 aliphatic carbocycles. The van der Waals surface area contributed by atoms with Crippen LogP contribution in [0.15, 0.2) is 29.8 Å². The average Bonchev–Trinajstić information content (AvgIpc) is 3.37. The highest BCUT2D eigenvalue weighted by Crippen LogP contribution is 2.31. The molecule has 0 aromatic carbocycles. The van der Waals surface area contributed by atoms with E-state index < -0.39 is 0 Å². The van der Waals surface area contributed by atoms with Gasteiger partial charge in [-0.3, -0.25) is 9.78 Å². The number of aromatic nitrogens is 3. The molecule has 1 unspecified atom stereocenters. The molecule has 3 aromatic rings. The summed E-state index contributed by atoms with van der Waals surface area (Å²) in [6.07, 6.45) is 3.61. The molecule has 30 heavy (non-hydrogen) atoms. The predicted molar refractivity (Wildman–Crippen MR) is 122 cm³/mol. The molecule has 0 aliphatic rings. The minimum Gasteiger partial charge on any atom is -0.383 e. The van der Waals surface area contributed by atoms with E-state index in [0.29, 0.717) is 18.7 Å². The first kappa shape index (κ1) is 22.2. The molecular weight excluding hydrogens is 396 g/mol. The van der Waals surface area contributed by atoms with E-state index in [1.54, 1.807) is 18.4 Å². The van der Waals surface area contributed by atoms with E-state index in [0.717, 1.165) is 46.2 Å². The summed E-state index contributed by atoms with van der Waals surface area (Å²) in [6.45, 7) is 9.38. The van der Waals surface area contributed by atoms with E-state index in [1.807, 2.05) is 32.2 Å². The summed E-state index contributed by atoms with van der Waals surface area (Å²) in [7, 11) is 1.69. The minimum absolute atomic E-state index is 0.0450. The Balaban J connectivity index is 1.99. The number of amides is 1. The summed E-state index contributed by atoms with van der Waals surface area (Å²) in [4.78, 5) is 22.1. The van der Waals surface area contributed by atoms with Crippen LogP contribution in [0.5, 0.6) is 0 Å². The largest absolute Gasteiger partial charge is 0.383 e. The van der Waals surface area contributed by atoms with E-state index in [4.69, 9.17) is 9.72 Å². The number of rotatable bonds is 9. The molecule has 1 N–H and O–H groups in total. The fourth-order valence-corrected chi connectivity index (χ4v) is 4.10. The highest BCUT2D eigenvalue weighted by atomic mass is 32.1. The maximum atomic E-state index is 12.8. The monoisotopic (exact) mass is 426 g/mol. The van der Waals surface area contributed by atoms with E-state index >= 15 is 0 Å². The van der Waals surface area contributed by atoms with Crippen LogP contribution in [0.1, 0.15) is 48.9 Å². The lowest BCUT2D eigenvalue weighted by Gasteiger charge is -2.12. The van der Waals surface area contributed by atoms with Crippen LogP contribution in [-0.4, -0.2) is 40.2 Å². The van der Waals surface area contributed by atoms with Crippen molar-refractivity contribution in [2.75, 3.05) is 13.7 Å². The highest BCUT2D eigenvalue weighted by molar-refractivity contribution is 7.13. The molecular formula is C23H30N4O2S. The molecule has 3 rings (SSSR count). The van der Waals surface area contributed by atoms with Gasteiger partial charge in [-0.2, -0.15) is 0 Å². The Morgan fingerprint density at radius 3 is 2.83 bits per heavy atom. The number of thiazole rings is 1. The number of pyridine rings is 1. The standard InChI is InChI=1S/C23H30N4O2S/c1-6-15(3)25-22(28)19-13-21(27(16(19)4)10-11-29-5)20-14-30-23(26-20)17-8-9-24-18(7-2)12-17/h8-9,12-15H,6-7,10-11H2,1-5H3,(H,25,28). The number of nitrogens with zero attached hydrogens (tertiary/aromatic N) is 3. The molecule has 0 saturated heterocycles. The van der Waals surface area contributed by atoms with Crippen molar-refractivity contribution in [3.05, 3.63) is 46.7 Å². The van der Waals surface area contributed by atoms with Gasteiger partial charge in [-0.1, -0.05) is 13.8 Å². The zero-order chi connectivity index (χ0) is 21.7. The summed E-state index contributed by atoms with van der Waals surface area (Å²) in [5, 5.41) is 6.07. The van der Waals surface area contributed by atoms with E-state index in [1.165, 1.54) is 0 Å². The summed E-state index contributed by atoms with van der Waals surface area (Å²) in [5.41, 5.74) is 5.53. The molecule has 0 spiro atoms. The molecule has 1 amide bonds. The van der Waals surface area contributed by atoms with Crippen LogP contribution in [0.3, 0.4) is 0 Å². The maximum absolute atomic E-state index is 12.8. The Morgan fingerprint density at radius 2 is 2.13 bits per heavy atom. The SMILES string of the molecule is CCc1cc(-c2nc(-c3cc(C(=O)NC(C)CC)c(C)n3CCOC)cs2)ccn1. The minimum atomic E-state index is -0.0450. The van der Waals surface area contributed by atoms with Crippen molar-refractivity contribution >= 4 is 17.2 Å². The van der Waals surface area contributed by atoms with Crippen LogP contribution >= 0.6 is 11.3 Å². The van der Waals surface area contributed by atoms with E-state index in [-0.39, 0.29) is 11.9 Å². The average molecular weight is 427 g/mol. The molecule has 7 heteroatoms.